The van der Waals surface area contributed by atoms with Crippen LogP contribution in [0.5, 0.6) is 0 Å². The second kappa shape index (κ2) is 4.32. The Morgan fingerprint density at radius 2 is 2.29 bits per heavy atom. The minimum atomic E-state index is -1.24. The summed E-state index contributed by atoms with van der Waals surface area (Å²) >= 11 is 0. The number of carbonyl (C=O) groups is 2. The minimum absolute atomic E-state index is 0.0663. The van der Waals surface area contributed by atoms with Gasteiger partial charge in [0.2, 0.25) is 0 Å². The van der Waals surface area contributed by atoms with Gasteiger partial charge in [0.1, 0.15) is 5.82 Å². The molecule has 17 heavy (non-hydrogen) atoms. The number of carboxylic acid groups (broad SMARTS) is 1. The SMILES string of the molecule is O=C(O)C1C=NN(Cc2cccc(F)c2)C1=O. The van der Waals surface area contributed by atoms with E-state index in [0.29, 0.717) is 5.56 Å². The molecule has 1 aliphatic rings. The van der Waals surface area contributed by atoms with Crippen LogP contribution >= 0.6 is 0 Å². The third kappa shape index (κ3) is 2.30. The molecule has 1 aromatic rings. The summed E-state index contributed by atoms with van der Waals surface area (Å²) in [5, 5.41) is 13.4. The lowest BCUT2D eigenvalue weighted by molar-refractivity contribution is -0.146. The average Bonchev–Trinajstić information content (AvgIpc) is 2.61. The van der Waals surface area contributed by atoms with Crippen molar-refractivity contribution in [2.24, 2.45) is 11.0 Å². The Hall–Kier alpha value is -2.24. The number of aliphatic carboxylic acids is 1. The second-order valence-electron chi connectivity index (χ2n) is 3.61. The number of halogens is 1. The van der Waals surface area contributed by atoms with Crippen molar-refractivity contribution < 1.29 is 19.1 Å². The van der Waals surface area contributed by atoms with Crippen LogP contribution in [-0.2, 0) is 16.1 Å². The van der Waals surface area contributed by atoms with Gasteiger partial charge >= 0.3 is 5.97 Å². The summed E-state index contributed by atoms with van der Waals surface area (Å²) in [5.41, 5.74) is 0.557. The maximum Gasteiger partial charge on any atom is 0.321 e. The van der Waals surface area contributed by atoms with E-state index in [9.17, 15) is 14.0 Å². The molecule has 1 unspecified atom stereocenters. The number of benzene rings is 1. The Balaban J connectivity index is 2.09. The first-order chi connectivity index (χ1) is 8.08. The van der Waals surface area contributed by atoms with Crippen LogP contribution in [0.3, 0.4) is 0 Å². The molecule has 1 N–H and O–H groups in total. The Bertz CT molecular complexity index is 501. The van der Waals surface area contributed by atoms with Crippen molar-refractivity contribution in [3.8, 4) is 0 Å². The zero-order valence-corrected chi connectivity index (χ0v) is 8.71. The van der Waals surface area contributed by atoms with Gasteiger partial charge in [0.15, 0.2) is 5.92 Å². The summed E-state index contributed by atoms with van der Waals surface area (Å²) < 4.78 is 12.9. The fourth-order valence-corrected chi connectivity index (χ4v) is 1.52. The summed E-state index contributed by atoms with van der Waals surface area (Å²) in [7, 11) is 0. The second-order valence-corrected chi connectivity index (χ2v) is 3.61. The van der Waals surface area contributed by atoms with Gasteiger partial charge in [0.25, 0.3) is 5.91 Å². The van der Waals surface area contributed by atoms with Crippen LogP contribution in [0.1, 0.15) is 5.56 Å². The Morgan fingerprint density at radius 1 is 1.53 bits per heavy atom. The zero-order chi connectivity index (χ0) is 12.4. The molecule has 0 spiro atoms. The Morgan fingerprint density at radius 3 is 2.88 bits per heavy atom. The third-order valence-electron chi connectivity index (χ3n) is 2.36. The van der Waals surface area contributed by atoms with Gasteiger partial charge in [-0.15, -0.1) is 0 Å². The van der Waals surface area contributed by atoms with Crippen LogP contribution in [0, 0.1) is 11.7 Å². The molecule has 5 nitrogen and oxygen atoms in total. The molecule has 1 amide bonds. The largest absolute Gasteiger partial charge is 0.480 e. The third-order valence-corrected chi connectivity index (χ3v) is 2.36. The van der Waals surface area contributed by atoms with Gasteiger partial charge in [-0.2, -0.15) is 5.10 Å². The lowest BCUT2D eigenvalue weighted by Gasteiger charge is -2.12. The van der Waals surface area contributed by atoms with Crippen LogP contribution in [-0.4, -0.2) is 28.2 Å². The summed E-state index contributed by atoms with van der Waals surface area (Å²) in [4.78, 5) is 22.2. The first-order valence-electron chi connectivity index (χ1n) is 4.90. The van der Waals surface area contributed by atoms with Gasteiger partial charge in [-0.25, -0.2) is 9.40 Å². The molecule has 2 rings (SSSR count). The van der Waals surface area contributed by atoms with Crippen molar-refractivity contribution in [2.45, 2.75) is 6.54 Å². The molecule has 0 radical (unpaired) electrons. The first kappa shape index (κ1) is 11.3. The monoisotopic (exact) mass is 236 g/mol. The summed E-state index contributed by atoms with van der Waals surface area (Å²) in [6, 6.07) is 5.72. The van der Waals surface area contributed by atoms with E-state index in [0.717, 1.165) is 11.2 Å². The van der Waals surface area contributed by atoms with Crippen LogP contribution in [0.4, 0.5) is 4.39 Å². The Labute approximate surface area is 96.2 Å². The average molecular weight is 236 g/mol. The summed E-state index contributed by atoms with van der Waals surface area (Å²) in [5.74, 6) is -3.49. The standard InChI is InChI=1S/C11H9FN2O3/c12-8-3-1-2-7(4-8)6-14-10(15)9(5-13-14)11(16)17/h1-5,9H,6H2,(H,16,17). The van der Waals surface area contributed by atoms with E-state index in [1.54, 1.807) is 6.07 Å². The molecule has 0 saturated heterocycles. The number of carboxylic acids is 1. The van der Waals surface area contributed by atoms with E-state index in [2.05, 4.69) is 5.10 Å². The van der Waals surface area contributed by atoms with Crippen LogP contribution in [0.25, 0.3) is 0 Å². The van der Waals surface area contributed by atoms with Crippen LogP contribution in [0.2, 0.25) is 0 Å². The molecule has 88 valence electrons. The van der Waals surface area contributed by atoms with E-state index in [1.807, 2.05) is 0 Å². The van der Waals surface area contributed by atoms with E-state index < -0.39 is 23.6 Å². The van der Waals surface area contributed by atoms with Gasteiger partial charge in [0, 0.05) is 6.21 Å². The zero-order valence-electron chi connectivity index (χ0n) is 8.71. The molecular weight excluding hydrogens is 227 g/mol. The van der Waals surface area contributed by atoms with Crippen LogP contribution < -0.4 is 0 Å². The molecule has 0 bridgehead atoms. The maximum absolute atomic E-state index is 12.9. The number of hydrogen-bond acceptors (Lipinski definition) is 3. The number of nitrogens with zero attached hydrogens (tertiary/aromatic N) is 2. The van der Waals surface area contributed by atoms with Gasteiger partial charge in [-0.3, -0.25) is 9.59 Å². The normalized spacial score (nSPS) is 18.8. The molecular formula is C11H9FN2O3. The quantitative estimate of drug-likeness (QED) is 0.791. The summed E-state index contributed by atoms with van der Waals surface area (Å²) in [6.45, 7) is 0.0663. The van der Waals surface area contributed by atoms with Gasteiger partial charge in [0.05, 0.1) is 6.54 Å². The molecule has 1 aliphatic heterocycles. The van der Waals surface area contributed by atoms with E-state index in [4.69, 9.17) is 5.11 Å². The van der Waals surface area contributed by atoms with Crippen molar-refractivity contribution >= 4 is 18.1 Å². The fraction of sp³-hybridized carbons (Fsp3) is 0.182. The number of hydrazone groups is 1. The molecule has 1 atom stereocenters. The number of amides is 1. The predicted octanol–water partition coefficient (Wildman–Crippen LogP) is 0.855. The first-order valence-corrected chi connectivity index (χ1v) is 4.90. The van der Waals surface area contributed by atoms with Gasteiger partial charge in [-0.05, 0) is 17.7 Å². The van der Waals surface area contributed by atoms with E-state index in [1.165, 1.54) is 18.2 Å². The predicted molar refractivity (Wildman–Crippen MR) is 56.6 cm³/mol. The highest BCUT2D eigenvalue weighted by Gasteiger charge is 2.34. The van der Waals surface area contributed by atoms with E-state index in [-0.39, 0.29) is 6.54 Å². The van der Waals surface area contributed by atoms with Crippen molar-refractivity contribution in [1.29, 1.82) is 0 Å². The molecule has 6 heteroatoms. The maximum atomic E-state index is 12.9. The van der Waals surface area contributed by atoms with Crippen molar-refractivity contribution in [1.82, 2.24) is 5.01 Å². The minimum Gasteiger partial charge on any atom is -0.480 e. The number of rotatable bonds is 3. The molecule has 1 aromatic carbocycles. The lowest BCUT2D eigenvalue weighted by atomic mass is 10.1. The lowest BCUT2D eigenvalue weighted by Crippen LogP contribution is -2.30. The topological polar surface area (TPSA) is 70.0 Å². The molecule has 0 fully saturated rings. The van der Waals surface area contributed by atoms with Gasteiger partial charge in [-0.1, -0.05) is 12.1 Å². The number of hydrogen-bond donors (Lipinski definition) is 1. The fourth-order valence-electron chi connectivity index (χ4n) is 1.52. The number of carbonyl (C=O) groups excluding carboxylic acids is 1. The van der Waals surface area contributed by atoms with Crippen LogP contribution in [0.15, 0.2) is 29.4 Å². The Kier molecular flexibility index (Phi) is 2.86. The molecule has 0 saturated carbocycles. The molecule has 0 aliphatic carbocycles. The highest BCUT2D eigenvalue weighted by atomic mass is 19.1. The molecule has 0 aromatic heterocycles. The van der Waals surface area contributed by atoms with E-state index >= 15 is 0 Å². The van der Waals surface area contributed by atoms with Crippen molar-refractivity contribution in [3.63, 3.8) is 0 Å². The summed E-state index contributed by atoms with van der Waals surface area (Å²) in [6.07, 6.45) is 1.07. The van der Waals surface area contributed by atoms with Gasteiger partial charge < -0.3 is 5.11 Å². The smallest absolute Gasteiger partial charge is 0.321 e. The highest BCUT2D eigenvalue weighted by molar-refractivity contribution is 6.12. The van der Waals surface area contributed by atoms with Crippen molar-refractivity contribution in [2.75, 3.05) is 0 Å². The van der Waals surface area contributed by atoms with Crippen molar-refractivity contribution in [3.05, 3.63) is 35.6 Å². The molecule has 1 heterocycles. The highest BCUT2D eigenvalue weighted by Crippen LogP contribution is 2.15.